The SMILES string of the molecule is CCCC(CN)(CCC)c1ccc(C(F)(F)F)cn1. The minimum atomic E-state index is -4.34. The fourth-order valence-corrected chi connectivity index (χ4v) is 2.52. The maximum absolute atomic E-state index is 12.5. The highest BCUT2D eigenvalue weighted by molar-refractivity contribution is 5.23. The summed E-state index contributed by atoms with van der Waals surface area (Å²) in [5.74, 6) is 0. The van der Waals surface area contributed by atoms with E-state index in [0.717, 1.165) is 37.9 Å². The first-order valence-electron chi connectivity index (χ1n) is 6.63. The van der Waals surface area contributed by atoms with Gasteiger partial charge in [0.05, 0.1) is 5.56 Å². The first kappa shape index (κ1) is 16.0. The van der Waals surface area contributed by atoms with Crippen LogP contribution < -0.4 is 5.73 Å². The zero-order valence-electron chi connectivity index (χ0n) is 11.4. The van der Waals surface area contributed by atoms with Gasteiger partial charge in [0.1, 0.15) is 0 Å². The zero-order valence-corrected chi connectivity index (χ0v) is 11.4. The van der Waals surface area contributed by atoms with Crippen LogP contribution in [-0.4, -0.2) is 11.5 Å². The lowest BCUT2D eigenvalue weighted by Gasteiger charge is -2.31. The van der Waals surface area contributed by atoms with E-state index in [1.807, 2.05) is 13.8 Å². The van der Waals surface area contributed by atoms with Gasteiger partial charge in [0, 0.05) is 23.9 Å². The summed E-state index contributed by atoms with van der Waals surface area (Å²) in [4.78, 5) is 4.03. The Morgan fingerprint density at radius 3 is 2.00 bits per heavy atom. The van der Waals surface area contributed by atoms with Gasteiger partial charge in [0.2, 0.25) is 0 Å². The van der Waals surface area contributed by atoms with Gasteiger partial charge in [-0.05, 0) is 25.0 Å². The van der Waals surface area contributed by atoms with Gasteiger partial charge in [0.15, 0.2) is 0 Å². The number of hydrogen-bond acceptors (Lipinski definition) is 2. The first-order chi connectivity index (χ1) is 8.89. The summed E-state index contributed by atoms with van der Waals surface area (Å²) in [5, 5.41) is 0. The number of hydrogen-bond donors (Lipinski definition) is 1. The number of alkyl halides is 3. The molecular weight excluding hydrogens is 253 g/mol. The van der Waals surface area contributed by atoms with E-state index in [9.17, 15) is 13.2 Å². The van der Waals surface area contributed by atoms with Crippen LogP contribution in [0.1, 0.15) is 50.8 Å². The maximum atomic E-state index is 12.5. The van der Waals surface area contributed by atoms with Crippen molar-refractivity contribution in [3.05, 3.63) is 29.6 Å². The van der Waals surface area contributed by atoms with E-state index in [2.05, 4.69) is 4.98 Å². The van der Waals surface area contributed by atoms with E-state index in [1.165, 1.54) is 6.07 Å². The number of aromatic nitrogens is 1. The lowest BCUT2D eigenvalue weighted by molar-refractivity contribution is -0.137. The lowest BCUT2D eigenvalue weighted by atomic mass is 9.76. The highest BCUT2D eigenvalue weighted by atomic mass is 19.4. The van der Waals surface area contributed by atoms with Gasteiger partial charge in [-0.15, -0.1) is 0 Å². The molecule has 0 atom stereocenters. The highest BCUT2D eigenvalue weighted by Gasteiger charge is 2.34. The molecule has 0 unspecified atom stereocenters. The summed E-state index contributed by atoms with van der Waals surface area (Å²) < 4.78 is 37.6. The van der Waals surface area contributed by atoms with Gasteiger partial charge in [-0.3, -0.25) is 4.98 Å². The van der Waals surface area contributed by atoms with Crippen LogP contribution in [0.25, 0.3) is 0 Å². The van der Waals surface area contributed by atoms with Gasteiger partial charge in [-0.1, -0.05) is 26.7 Å². The Morgan fingerprint density at radius 2 is 1.68 bits per heavy atom. The first-order valence-corrected chi connectivity index (χ1v) is 6.63. The number of pyridine rings is 1. The lowest BCUT2D eigenvalue weighted by Crippen LogP contribution is -2.36. The van der Waals surface area contributed by atoms with Gasteiger partial charge in [0.25, 0.3) is 0 Å². The maximum Gasteiger partial charge on any atom is 0.417 e. The van der Waals surface area contributed by atoms with Crippen molar-refractivity contribution in [1.29, 1.82) is 0 Å². The molecule has 0 fully saturated rings. The van der Waals surface area contributed by atoms with Crippen molar-refractivity contribution in [2.24, 2.45) is 5.73 Å². The Bertz CT molecular complexity index is 379. The minimum absolute atomic E-state index is 0.298. The smallest absolute Gasteiger partial charge is 0.330 e. The Kier molecular flexibility index (Phi) is 5.35. The molecule has 5 heteroatoms. The van der Waals surface area contributed by atoms with E-state index in [0.29, 0.717) is 12.2 Å². The Hall–Kier alpha value is -1.10. The van der Waals surface area contributed by atoms with E-state index in [-0.39, 0.29) is 5.41 Å². The molecule has 1 aromatic heterocycles. The molecule has 0 aliphatic heterocycles. The normalized spacial score (nSPS) is 12.7. The van der Waals surface area contributed by atoms with Gasteiger partial charge in [-0.2, -0.15) is 13.2 Å². The largest absolute Gasteiger partial charge is 0.417 e. The Balaban J connectivity index is 3.10. The second-order valence-electron chi connectivity index (χ2n) is 4.91. The fraction of sp³-hybridized carbons (Fsp3) is 0.643. The van der Waals surface area contributed by atoms with Crippen molar-refractivity contribution in [2.75, 3.05) is 6.54 Å². The van der Waals surface area contributed by atoms with Crippen molar-refractivity contribution in [3.63, 3.8) is 0 Å². The second-order valence-corrected chi connectivity index (χ2v) is 4.91. The van der Waals surface area contributed by atoms with Crippen molar-refractivity contribution in [2.45, 2.75) is 51.1 Å². The predicted molar refractivity (Wildman–Crippen MR) is 69.8 cm³/mol. The standard InChI is InChI=1S/C14H21F3N2/c1-3-7-13(10-18,8-4-2)12-6-5-11(9-19-12)14(15,16)17/h5-6,9H,3-4,7-8,10,18H2,1-2H3. The molecule has 108 valence electrons. The van der Waals surface area contributed by atoms with Crippen LogP contribution in [0.5, 0.6) is 0 Å². The van der Waals surface area contributed by atoms with Gasteiger partial charge >= 0.3 is 6.18 Å². The zero-order chi connectivity index (χ0) is 14.5. The molecule has 0 saturated heterocycles. The number of halogens is 3. The third-order valence-electron chi connectivity index (χ3n) is 3.48. The fourth-order valence-electron chi connectivity index (χ4n) is 2.52. The van der Waals surface area contributed by atoms with Gasteiger partial charge in [-0.25, -0.2) is 0 Å². The number of nitrogens with zero attached hydrogens (tertiary/aromatic N) is 1. The molecule has 0 bridgehead atoms. The number of nitrogens with two attached hydrogens (primary N) is 1. The average Bonchev–Trinajstić information content (AvgIpc) is 2.37. The molecule has 1 rings (SSSR count). The third-order valence-corrected chi connectivity index (χ3v) is 3.48. The van der Waals surface area contributed by atoms with Crippen LogP contribution in [0.2, 0.25) is 0 Å². The molecule has 2 nitrogen and oxygen atoms in total. The minimum Gasteiger partial charge on any atom is -0.330 e. The highest BCUT2D eigenvalue weighted by Crippen LogP contribution is 2.34. The Morgan fingerprint density at radius 1 is 1.11 bits per heavy atom. The summed E-state index contributed by atoms with van der Waals surface area (Å²) in [6, 6.07) is 2.57. The topological polar surface area (TPSA) is 38.9 Å². The van der Waals surface area contributed by atoms with Crippen molar-refractivity contribution in [1.82, 2.24) is 4.98 Å². The molecule has 2 N–H and O–H groups in total. The van der Waals surface area contributed by atoms with Crippen molar-refractivity contribution < 1.29 is 13.2 Å². The van der Waals surface area contributed by atoms with Crippen molar-refractivity contribution in [3.8, 4) is 0 Å². The Labute approximate surface area is 112 Å². The van der Waals surface area contributed by atoms with Crippen LogP contribution >= 0.6 is 0 Å². The predicted octanol–water partition coefficient (Wildman–Crippen LogP) is 3.90. The van der Waals surface area contributed by atoms with Crippen LogP contribution in [0.4, 0.5) is 13.2 Å². The van der Waals surface area contributed by atoms with Crippen molar-refractivity contribution >= 4 is 0 Å². The van der Waals surface area contributed by atoms with E-state index >= 15 is 0 Å². The molecule has 0 saturated carbocycles. The molecule has 1 aromatic rings. The van der Waals surface area contributed by atoms with E-state index < -0.39 is 11.7 Å². The molecule has 0 aliphatic rings. The molecule has 0 aliphatic carbocycles. The quantitative estimate of drug-likeness (QED) is 0.854. The summed E-state index contributed by atoms with van der Waals surface area (Å²) in [7, 11) is 0. The van der Waals surface area contributed by atoms with Crippen LogP contribution in [0.3, 0.4) is 0 Å². The van der Waals surface area contributed by atoms with Gasteiger partial charge < -0.3 is 5.73 Å². The molecular formula is C14H21F3N2. The summed E-state index contributed by atoms with van der Waals surface area (Å²) in [6.07, 6.45) is 0.114. The van der Waals surface area contributed by atoms with Crippen LogP contribution in [-0.2, 0) is 11.6 Å². The number of rotatable bonds is 6. The summed E-state index contributed by atoms with van der Waals surface area (Å²) >= 11 is 0. The molecule has 0 amide bonds. The van der Waals surface area contributed by atoms with Crippen LogP contribution in [0, 0.1) is 0 Å². The molecule has 1 heterocycles. The molecule has 19 heavy (non-hydrogen) atoms. The van der Waals surface area contributed by atoms with E-state index in [4.69, 9.17) is 5.73 Å². The molecule has 0 spiro atoms. The monoisotopic (exact) mass is 274 g/mol. The van der Waals surface area contributed by atoms with E-state index in [1.54, 1.807) is 0 Å². The van der Waals surface area contributed by atoms with Crippen LogP contribution in [0.15, 0.2) is 18.3 Å². The third kappa shape index (κ3) is 3.69. The molecule has 0 radical (unpaired) electrons. The summed E-state index contributed by atoms with van der Waals surface area (Å²) in [5.41, 5.74) is 5.54. The average molecular weight is 274 g/mol. The molecule has 0 aromatic carbocycles. The second kappa shape index (κ2) is 6.37. The summed E-state index contributed by atoms with van der Waals surface area (Å²) in [6.45, 7) is 4.50.